The fraction of sp³-hybridized carbons (Fsp3) is 0.556. The molecular formula is C9H15N5O3. The van der Waals surface area contributed by atoms with Gasteiger partial charge in [-0.2, -0.15) is 5.10 Å². The lowest BCUT2D eigenvalue weighted by Gasteiger charge is -2.05. The van der Waals surface area contributed by atoms with Crippen molar-refractivity contribution < 1.29 is 9.72 Å². The molecule has 0 fully saturated rings. The molecule has 1 amide bonds. The third-order valence-electron chi connectivity index (χ3n) is 2.27. The normalized spacial score (nSPS) is 10.2. The van der Waals surface area contributed by atoms with Gasteiger partial charge in [0.15, 0.2) is 0 Å². The smallest absolute Gasteiger partial charge is 0.309 e. The fourth-order valence-corrected chi connectivity index (χ4v) is 1.30. The van der Waals surface area contributed by atoms with Gasteiger partial charge >= 0.3 is 5.69 Å². The van der Waals surface area contributed by atoms with Crippen LogP contribution in [-0.2, 0) is 11.3 Å². The molecule has 0 aromatic carbocycles. The monoisotopic (exact) mass is 241 g/mol. The van der Waals surface area contributed by atoms with Crippen molar-refractivity contribution in [2.75, 3.05) is 13.1 Å². The molecule has 1 aromatic rings. The van der Waals surface area contributed by atoms with Gasteiger partial charge in [0.05, 0.1) is 4.92 Å². The summed E-state index contributed by atoms with van der Waals surface area (Å²) in [5.41, 5.74) is 5.57. The van der Waals surface area contributed by atoms with Crippen molar-refractivity contribution in [1.82, 2.24) is 15.1 Å². The van der Waals surface area contributed by atoms with E-state index in [2.05, 4.69) is 10.4 Å². The molecule has 8 nitrogen and oxygen atoms in total. The molecule has 3 N–H and O–H groups in total. The van der Waals surface area contributed by atoms with Crippen LogP contribution >= 0.6 is 0 Å². The molecule has 0 saturated heterocycles. The average molecular weight is 241 g/mol. The summed E-state index contributed by atoms with van der Waals surface area (Å²) < 4.78 is 1.30. The van der Waals surface area contributed by atoms with Gasteiger partial charge in [0.1, 0.15) is 18.4 Å². The van der Waals surface area contributed by atoms with Crippen molar-refractivity contribution in [3.05, 3.63) is 22.0 Å². The minimum absolute atomic E-state index is 0.0236. The predicted octanol–water partition coefficient (Wildman–Crippen LogP) is -0.435. The zero-order valence-electron chi connectivity index (χ0n) is 9.55. The standard InChI is InChI=1S/C9H15N5O3/c1-7-8(14(16)17)5-12-13(7)6-9(15)11-4-2-3-10/h5H,2-4,6,10H2,1H3,(H,11,15). The lowest BCUT2D eigenvalue weighted by molar-refractivity contribution is -0.385. The van der Waals surface area contributed by atoms with E-state index in [1.165, 1.54) is 4.68 Å². The van der Waals surface area contributed by atoms with Crippen LogP contribution in [0.4, 0.5) is 5.69 Å². The van der Waals surface area contributed by atoms with Gasteiger partial charge in [-0.1, -0.05) is 0 Å². The summed E-state index contributed by atoms with van der Waals surface area (Å²) in [6, 6.07) is 0. The van der Waals surface area contributed by atoms with Gasteiger partial charge in [0, 0.05) is 6.54 Å². The zero-order valence-corrected chi connectivity index (χ0v) is 9.55. The van der Waals surface area contributed by atoms with E-state index in [0.29, 0.717) is 25.2 Å². The highest BCUT2D eigenvalue weighted by molar-refractivity contribution is 5.75. The molecule has 0 radical (unpaired) electrons. The molecule has 17 heavy (non-hydrogen) atoms. The van der Waals surface area contributed by atoms with Crippen molar-refractivity contribution in [1.29, 1.82) is 0 Å². The van der Waals surface area contributed by atoms with E-state index in [9.17, 15) is 14.9 Å². The molecule has 0 atom stereocenters. The first kappa shape index (κ1) is 13.1. The number of hydrogen-bond donors (Lipinski definition) is 2. The van der Waals surface area contributed by atoms with Gasteiger partial charge in [-0.15, -0.1) is 0 Å². The summed E-state index contributed by atoms with van der Waals surface area (Å²) in [5, 5.41) is 17.0. The Morgan fingerprint density at radius 3 is 2.94 bits per heavy atom. The Balaban J connectivity index is 2.57. The summed E-state index contributed by atoms with van der Waals surface area (Å²) in [7, 11) is 0. The molecule has 1 rings (SSSR count). The van der Waals surface area contributed by atoms with E-state index in [0.717, 1.165) is 6.20 Å². The molecule has 1 heterocycles. The first-order valence-electron chi connectivity index (χ1n) is 5.19. The van der Waals surface area contributed by atoms with Crippen molar-refractivity contribution in [2.24, 2.45) is 5.73 Å². The van der Waals surface area contributed by atoms with Crippen LogP contribution in [0.3, 0.4) is 0 Å². The van der Waals surface area contributed by atoms with Gasteiger partial charge in [-0.3, -0.25) is 19.6 Å². The van der Waals surface area contributed by atoms with E-state index < -0.39 is 4.92 Å². The van der Waals surface area contributed by atoms with E-state index in [1.807, 2.05) is 0 Å². The van der Waals surface area contributed by atoms with Gasteiger partial charge in [0.2, 0.25) is 5.91 Å². The highest BCUT2D eigenvalue weighted by Crippen LogP contribution is 2.15. The number of aromatic nitrogens is 2. The third kappa shape index (κ3) is 3.52. The zero-order chi connectivity index (χ0) is 12.8. The van der Waals surface area contributed by atoms with E-state index in [-0.39, 0.29) is 18.1 Å². The van der Waals surface area contributed by atoms with E-state index >= 15 is 0 Å². The van der Waals surface area contributed by atoms with Crippen LogP contribution < -0.4 is 11.1 Å². The number of nitro groups is 1. The molecular weight excluding hydrogens is 226 g/mol. The van der Waals surface area contributed by atoms with Crippen LogP contribution in [0.25, 0.3) is 0 Å². The highest BCUT2D eigenvalue weighted by Gasteiger charge is 2.17. The lowest BCUT2D eigenvalue weighted by atomic mass is 10.4. The topological polar surface area (TPSA) is 116 Å². The van der Waals surface area contributed by atoms with Crippen LogP contribution in [0.5, 0.6) is 0 Å². The number of nitrogens with two attached hydrogens (primary N) is 1. The quantitative estimate of drug-likeness (QED) is 0.398. The SMILES string of the molecule is Cc1c([N+](=O)[O-])cnn1CC(=O)NCCCN. The van der Waals surface area contributed by atoms with Crippen molar-refractivity contribution in [3.8, 4) is 0 Å². The number of amides is 1. The maximum absolute atomic E-state index is 11.4. The first-order chi connectivity index (χ1) is 8.06. The molecule has 0 spiro atoms. The van der Waals surface area contributed by atoms with E-state index in [1.54, 1.807) is 6.92 Å². The summed E-state index contributed by atoms with van der Waals surface area (Å²) >= 11 is 0. The lowest BCUT2D eigenvalue weighted by Crippen LogP contribution is -2.30. The molecule has 94 valence electrons. The molecule has 1 aromatic heterocycles. The van der Waals surface area contributed by atoms with Gasteiger partial charge in [-0.25, -0.2) is 0 Å². The molecule has 0 aliphatic rings. The van der Waals surface area contributed by atoms with Crippen LogP contribution in [-0.4, -0.2) is 33.7 Å². The Morgan fingerprint density at radius 1 is 1.71 bits per heavy atom. The van der Waals surface area contributed by atoms with Crippen LogP contribution in [0.1, 0.15) is 12.1 Å². The number of nitrogens with one attached hydrogen (secondary N) is 1. The first-order valence-corrected chi connectivity index (χ1v) is 5.19. The highest BCUT2D eigenvalue weighted by atomic mass is 16.6. The summed E-state index contributed by atoms with van der Waals surface area (Å²) in [6.45, 7) is 2.53. The average Bonchev–Trinajstić information content (AvgIpc) is 2.61. The maximum atomic E-state index is 11.4. The Morgan fingerprint density at radius 2 is 2.41 bits per heavy atom. The fourth-order valence-electron chi connectivity index (χ4n) is 1.30. The number of carbonyl (C=O) groups is 1. The maximum Gasteiger partial charge on any atom is 0.309 e. The van der Waals surface area contributed by atoms with Gasteiger partial charge < -0.3 is 11.1 Å². The minimum atomic E-state index is -0.523. The molecule has 0 aliphatic heterocycles. The number of rotatable bonds is 6. The second kappa shape index (κ2) is 5.94. The Kier molecular flexibility index (Phi) is 4.58. The number of carbonyl (C=O) groups excluding carboxylic acids is 1. The van der Waals surface area contributed by atoms with Crippen LogP contribution in [0.15, 0.2) is 6.20 Å². The Hall–Kier alpha value is -1.96. The van der Waals surface area contributed by atoms with Gasteiger partial charge in [-0.05, 0) is 19.9 Å². The second-order valence-corrected chi connectivity index (χ2v) is 3.52. The Labute approximate surface area is 97.9 Å². The van der Waals surface area contributed by atoms with Crippen molar-refractivity contribution in [3.63, 3.8) is 0 Å². The third-order valence-corrected chi connectivity index (χ3v) is 2.27. The van der Waals surface area contributed by atoms with Crippen LogP contribution in [0, 0.1) is 17.0 Å². The van der Waals surface area contributed by atoms with Crippen molar-refractivity contribution in [2.45, 2.75) is 19.9 Å². The van der Waals surface area contributed by atoms with E-state index in [4.69, 9.17) is 5.73 Å². The largest absolute Gasteiger partial charge is 0.354 e. The molecule has 0 aliphatic carbocycles. The summed E-state index contributed by atoms with van der Waals surface area (Å²) in [4.78, 5) is 21.5. The molecule has 0 saturated carbocycles. The second-order valence-electron chi connectivity index (χ2n) is 3.52. The number of hydrogen-bond acceptors (Lipinski definition) is 5. The van der Waals surface area contributed by atoms with Crippen LogP contribution in [0.2, 0.25) is 0 Å². The summed E-state index contributed by atoms with van der Waals surface area (Å²) in [6.07, 6.45) is 1.84. The Bertz CT molecular complexity index is 415. The molecule has 0 unspecified atom stereocenters. The minimum Gasteiger partial charge on any atom is -0.354 e. The predicted molar refractivity (Wildman–Crippen MR) is 60.3 cm³/mol. The van der Waals surface area contributed by atoms with Crippen molar-refractivity contribution >= 4 is 11.6 Å². The molecule has 0 bridgehead atoms. The summed E-state index contributed by atoms with van der Waals surface area (Å²) in [5.74, 6) is -0.237. The van der Waals surface area contributed by atoms with Gasteiger partial charge in [0.25, 0.3) is 0 Å². The molecule has 8 heteroatoms. The number of nitrogens with zero attached hydrogens (tertiary/aromatic N) is 3.